The molecule has 0 heterocycles. The Balaban J connectivity index is 3.21. The van der Waals surface area contributed by atoms with Gasteiger partial charge in [-0.3, -0.25) is 4.79 Å². The maximum absolute atomic E-state index is 12.3. The van der Waals surface area contributed by atoms with Crippen LogP contribution in [0.2, 0.25) is 0 Å². The van der Waals surface area contributed by atoms with Gasteiger partial charge in [0.2, 0.25) is 15.9 Å². The molecule has 0 atom stereocenters. The maximum Gasteiger partial charge on any atom is 0.243 e. The van der Waals surface area contributed by atoms with Crippen molar-refractivity contribution in [1.29, 1.82) is 0 Å². The number of carbonyl (C=O) groups excluding carboxylic acids is 1. The van der Waals surface area contributed by atoms with E-state index in [-0.39, 0.29) is 23.7 Å². The van der Waals surface area contributed by atoms with Gasteiger partial charge < -0.3 is 16.2 Å². The van der Waals surface area contributed by atoms with Crippen LogP contribution < -0.4 is 16.2 Å². The van der Waals surface area contributed by atoms with Crippen LogP contribution in [0.5, 0.6) is 5.75 Å². The summed E-state index contributed by atoms with van der Waals surface area (Å²) in [6.07, 6.45) is 0. The minimum absolute atomic E-state index is 0.00153. The Labute approximate surface area is 112 Å². The molecule has 1 aromatic rings. The largest absolute Gasteiger partial charge is 0.495 e. The molecule has 0 spiro atoms. The molecule has 19 heavy (non-hydrogen) atoms. The molecule has 1 aromatic carbocycles. The number of likely N-dealkylation sites (N-methyl/N-ethyl adjacent to an activating group) is 1. The second-order valence-corrected chi connectivity index (χ2v) is 5.74. The van der Waals surface area contributed by atoms with Crippen molar-refractivity contribution in [2.75, 3.05) is 25.9 Å². The van der Waals surface area contributed by atoms with Crippen molar-refractivity contribution in [3.63, 3.8) is 0 Å². The number of primary amides is 1. The highest BCUT2D eigenvalue weighted by atomic mass is 32.2. The molecule has 0 unspecified atom stereocenters. The number of hydrogen-bond acceptors (Lipinski definition) is 5. The molecule has 4 N–H and O–H groups in total. The second kappa shape index (κ2) is 5.89. The number of nitrogen functional groups attached to an aromatic ring is 1. The Morgan fingerprint density at radius 1 is 1.42 bits per heavy atom. The highest BCUT2D eigenvalue weighted by Crippen LogP contribution is 2.26. The third kappa shape index (κ3) is 3.36. The Morgan fingerprint density at radius 2 is 2.05 bits per heavy atom. The number of anilines is 1. The number of rotatable bonds is 6. The van der Waals surface area contributed by atoms with Gasteiger partial charge in [-0.1, -0.05) is 6.92 Å². The highest BCUT2D eigenvalue weighted by molar-refractivity contribution is 7.89. The Morgan fingerprint density at radius 3 is 2.53 bits per heavy atom. The number of hydrogen-bond donors (Lipinski definition) is 2. The van der Waals surface area contributed by atoms with Gasteiger partial charge in [-0.15, -0.1) is 0 Å². The number of ether oxygens (including phenoxy) is 1. The zero-order valence-electron chi connectivity index (χ0n) is 10.8. The lowest BCUT2D eigenvalue weighted by atomic mass is 10.3. The van der Waals surface area contributed by atoms with Crippen LogP contribution in [0.1, 0.15) is 6.92 Å². The molecule has 1 rings (SSSR count). The van der Waals surface area contributed by atoms with Gasteiger partial charge in [0, 0.05) is 12.6 Å². The van der Waals surface area contributed by atoms with Gasteiger partial charge in [-0.05, 0) is 12.1 Å². The second-order valence-electron chi connectivity index (χ2n) is 3.80. The first-order valence-corrected chi connectivity index (χ1v) is 6.99. The van der Waals surface area contributed by atoms with Crippen LogP contribution in [0.15, 0.2) is 23.1 Å². The SMILES string of the molecule is CCN(CC(N)=O)S(=O)(=O)c1ccc(N)c(OC)c1. The quantitative estimate of drug-likeness (QED) is 0.701. The zero-order valence-corrected chi connectivity index (χ0v) is 11.6. The van der Waals surface area contributed by atoms with Crippen molar-refractivity contribution in [3.05, 3.63) is 18.2 Å². The molecular formula is C11H17N3O4S. The lowest BCUT2D eigenvalue weighted by molar-refractivity contribution is -0.118. The Bertz CT molecular complexity index is 571. The highest BCUT2D eigenvalue weighted by Gasteiger charge is 2.25. The molecule has 1 amide bonds. The van der Waals surface area contributed by atoms with Crippen molar-refractivity contribution in [2.45, 2.75) is 11.8 Å². The lowest BCUT2D eigenvalue weighted by Crippen LogP contribution is -2.38. The molecule has 0 saturated carbocycles. The van der Waals surface area contributed by atoms with Gasteiger partial charge in [0.05, 0.1) is 24.2 Å². The van der Waals surface area contributed by atoms with E-state index in [0.29, 0.717) is 5.69 Å². The van der Waals surface area contributed by atoms with Crippen LogP contribution in [-0.4, -0.2) is 38.8 Å². The Hall–Kier alpha value is -1.80. The van der Waals surface area contributed by atoms with E-state index < -0.39 is 15.9 Å². The van der Waals surface area contributed by atoms with Crippen molar-refractivity contribution >= 4 is 21.6 Å². The van der Waals surface area contributed by atoms with Crippen LogP contribution in [0.4, 0.5) is 5.69 Å². The van der Waals surface area contributed by atoms with E-state index in [9.17, 15) is 13.2 Å². The van der Waals surface area contributed by atoms with E-state index in [1.807, 2.05) is 0 Å². The number of carbonyl (C=O) groups is 1. The van der Waals surface area contributed by atoms with Crippen molar-refractivity contribution < 1.29 is 17.9 Å². The summed E-state index contributed by atoms with van der Waals surface area (Å²) in [5, 5.41) is 0. The summed E-state index contributed by atoms with van der Waals surface area (Å²) in [7, 11) is -2.41. The van der Waals surface area contributed by atoms with Gasteiger partial charge in [-0.25, -0.2) is 8.42 Å². The summed E-state index contributed by atoms with van der Waals surface area (Å²) in [6, 6.07) is 4.11. The fourth-order valence-electron chi connectivity index (χ4n) is 1.54. The monoisotopic (exact) mass is 287 g/mol. The van der Waals surface area contributed by atoms with Crippen LogP contribution in [0.3, 0.4) is 0 Å². The summed E-state index contributed by atoms with van der Waals surface area (Å²) in [4.78, 5) is 10.9. The maximum atomic E-state index is 12.3. The zero-order chi connectivity index (χ0) is 14.6. The number of benzene rings is 1. The third-order valence-electron chi connectivity index (χ3n) is 2.53. The normalized spacial score (nSPS) is 11.5. The molecule has 7 nitrogen and oxygen atoms in total. The van der Waals surface area contributed by atoms with Crippen molar-refractivity contribution in [2.24, 2.45) is 5.73 Å². The molecule has 0 aromatic heterocycles. The first kappa shape index (κ1) is 15.3. The predicted octanol–water partition coefficient (Wildman–Crippen LogP) is -0.227. The summed E-state index contributed by atoms with van der Waals surface area (Å²) in [6.45, 7) is 1.39. The lowest BCUT2D eigenvalue weighted by Gasteiger charge is -2.19. The smallest absolute Gasteiger partial charge is 0.243 e. The minimum atomic E-state index is -3.80. The summed E-state index contributed by atoms with van der Waals surface area (Å²) in [5.41, 5.74) is 11.0. The van der Waals surface area contributed by atoms with E-state index in [4.69, 9.17) is 16.2 Å². The summed E-state index contributed by atoms with van der Waals surface area (Å²) in [5.74, 6) is -0.455. The molecular weight excluding hydrogens is 270 g/mol. The minimum Gasteiger partial charge on any atom is -0.495 e. The molecule has 8 heteroatoms. The van der Waals surface area contributed by atoms with Gasteiger partial charge >= 0.3 is 0 Å². The third-order valence-corrected chi connectivity index (χ3v) is 4.44. The number of methoxy groups -OCH3 is 1. The molecule has 0 fully saturated rings. The first-order chi connectivity index (χ1) is 8.82. The van der Waals surface area contributed by atoms with Crippen molar-refractivity contribution in [3.8, 4) is 5.75 Å². The topological polar surface area (TPSA) is 116 Å². The van der Waals surface area contributed by atoms with Crippen LogP contribution in [0.25, 0.3) is 0 Å². The average molecular weight is 287 g/mol. The summed E-state index contributed by atoms with van der Waals surface area (Å²) >= 11 is 0. The fourth-order valence-corrected chi connectivity index (χ4v) is 2.97. The standard InChI is InChI=1S/C11H17N3O4S/c1-3-14(7-11(13)15)19(16,17)8-4-5-9(12)10(6-8)18-2/h4-6H,3,7,12H2,1-2H3,(H2,13,15). The number of amides is 1. The van der Waals surface area contributed by atoms with Gasteiger partial charge in [0.25, 0.3) is 0 Å². The van der Waals surface area contributed by atoms with Gasteiger partial charge in [0.15, 0.2) is 0 Å². The van der Waals surface area contributed by atoms with Crippen LogP contribution in [-0.2, 0) is 14.8 Å². The van der Waals surface area contributed by atoms with E-state index in [2.05, 4.69) is 0 Å². The van der Waals surface area contributed by atoms with E-state index >= 15 is 0 Å². The van der Waals surface area contributed by atoms with Gasteiger partial charge in [-0.2, -0.15) is 4.31 Å². The fraction of sp³-hybridized carbons (Fsp3) is 0.364. The van der Waals surface area contributed by atoms with Crippen molar-refractivity contribution in [1.82, 2.24) is 4.31 Å². The predicted molar refractivity (Wildman–Crippen MR) is 71.0 cm³/mol. The Kier molecular flexibility index (Phi) is 4.73. The van der Waals surface area contributed by atoms with E-state index in [1.165, 1.54) is 25.3 Å². The molecule has 0 aliphatic carbocycles. The van der Waals surface area contributed by atoms with Gasteiger partial charge in [0.1, 0.15) is 5.75 Å². The molecule has 106 valence electrons. The molecule has 0 radical (unpaired) electrons. The first-order valence-electron chi connectivity index (χ1n) is 5.55. The number of sulfonamides is 1. The van der Waals surface area contributed by atoms with Crippen LogP contribution in [0, 0.1) is 0 Å². The molecule has 0 aliphatic heterocycles. The molecule has 0 aliphatic rings. The summed E-state index contributed by atoms with van der Waals surface area (Å²) < 4.78 is 30.6. The van der Waals surface area contributed by atoms with E-state index in [1.54, 1.807) is 6.92 Å². The van der Waals surface area contributed by atoms with Crippen LogP contribution >= 0.6 is 0 Å². The number of nitrogens with two attached hydrogens (primary N) is 2. The molecule has 0 bridgehead atoms. The average Bonchev–Trinajstić information content (AvgIpc) is 2.35. The number of nitrogens with zero attached hydrogens (tertiary/aromatic N) is 1. The molecule has 0 saturated heterocycles. The van der Waals surface area contributed by atoms with E-state index in [0.717, 1.165) is 4.31 Å².